The molecule has 7 heteroatoms. The lowest BCUT2D eigenvalue weighted by Gasteiger charge is -2.39. The standard InChI is InChI=1S/C18H20INO5/c1-8(21)20-18-11-7-10(15(19)16(11)25-17(18)22)14(18)9-4-5-12(23-2)13(6-9)24-3/h4-6,10-11,14-16H,7H2,1-3H3,(H,20,21)/t10-,11-,14+,15-,16-,18-/m0/s1. The molecule has 1 aromatic rings. The minimum Gasteiger partial charge on any atom is -0.493 e. The predicted octanol–water partition coefficient (Wildman–Crippen LogP) is 2.04. The molecule has 1 aliphatic heterocycles. The lowest BCUT2D eigenvalue weighted by molar-refractivity contribution is -0.147. The van der Waals surface area contributed by atoms with Crippen LogP contribution in [-0.2, 0) is 14.3 Å². The summed E-state index contributed by atoms with van der Waals surface area (Å²) in [5.41, 5.74) is 0.000443. The van der Waals surface area contributed by atoms with Gasteiger partial charge in [0.15, 0.2) is 17.0 Å². The Morgan fingerprint density at radius 3 is 2.68 bits per heavy atom. The van der Waals surface area contributed by atoms with Crippen LogP contribution in [-0.4, -0.2) is 41.7 Å². The third kappa shape index (κ3) is 2.14. The first-order valence-electron chi connectivity index (χ1n) is 8.29. The van der Waals surface area contributed by atoms with Gasteiger partial charge in [-0.25, -0.2) is 4.79 Å². The SMILES string of the molecule is COc1ccc([C@@H]2[C@@H]3C[C@H]4[C@H](OC(=O)[C@@]24NC(C)=O)[C@H]3I)cc1OC. The van der Waals surface area contributed by atoms with Crippen molar-refractivity contribution in [2.24, 2.45) is 11.8 Å². The van der Waals surface area contributed by atoms with E-state index in [1.807, 2.05) is 18.2 Å². The number of rotatable bonds is 4. The number of hydrogen-bond acceptors (Lipinski definition) is 5. The van der Waals surface area contributed by atoms with Crippen molar-refractivity contribution in [1.29, 1.82) is 0 Å². The van der Waals surface area contributed by atoms with Crippen molar-refractivity contribution < 1.29 is 23.8 Å². The predicted molar refractivity (Wildman–Crippen MR) is 98.1 cm³/mol. The molecular formula is C18H20INO5. The van der Waals surface area contributed by atoms with Gasteiger partial charge in [0, 0.05) is 18.8 Å². The first-order valence-corrected chi connectivity index (χ1v) is 9.54. The fourth-order valence-electron chi connectivity index (χ4n) is 5.07. The number of carbonyl (C=O) groups excluding carboxylic acids is 2. The van der Waals surface area contributed by atoms with Gasteiger partial charge in [0.2, 0.25) is 5.91 Å². The van der Waals surface area contributed by atoms with Crippen LogP contribution in [0.5, 0.6) is 11.5 Å². The molecule has 6 atom stereocenters. The van der Waals surface area contributed by atoms with Gasteiger partial charge in [0.25, 0.3) is 0 Å². The number of amides is 1. The average molecular weight is 457 g/mol. The van der Waals surface area contributed by atoms with Crippen molar-refractivity contribution in [3.8, 4) is 11.5 Å². The zero-order valence-corrected chi connectivity index (χ0v) is 16.4. The summed E-state index contributed by atoms with van der Waals surface area (Å²) in [5.74, 6) is 0.907. The van der Waals surface area contributed by atoms with E-state index in [2.05, 4.69) is 27.9 Å². The quantitative estimate of drug-likeness (QED) is 0.426. The van der Waals surface area contributed by atoms with Crippen LogP contribution in [0.3, 0.4) is 0 Å². The second-order valence-electron chi connectivity index (χ2n) is 6.96. The van der Waals surface area contributed by atoms with Gasteiger partial charge in [0.1, 0.15) is 6.10 Å². The molecule has 1 amide bonds. The van der Waals surface area contributed by atoms with E-state index < -0.39 is 5.54 Å². The summed E-state index contributed by atoms with van der Waals surface area (Å²) >= 11 is 2.39. The molecule has 1 N–H and O–H groups in total. The highest BCUT2D eigenvalue weighted by molar-refractivity contribution is 14.1. The number of hydrogen-bond donors (Lipinski definition) is 1. The van der Waals surface area contributed by atoms with Crippen molar-refractivity contribution in [2.45, 2.75) is 34.8 Å². The Labute approximate surface area is 159 Å². The van der Waals surface area contributed by atoms with Gasteiger partial charge in [-0.3, -0.25) is 4.79 Å². The van der Waals surface area contributed by atoms with E-state index in [0.717, 1.165) is 12.0 Å². The molecule has 0 radical (unpaired) electrons. The molecule has 3 aliphatic rings. The van der Waals surface area contributed by atoms with Gasteiger partial charge in [-0.1, -0.05) is 28.7 Å². The Morgan fingerprint density at radius 2 is 2.04 bits per heavy atom. The number of benzene rings is 1. The summed E-state index contributed by atoms with van der Waals surface area (Å²) in [6, 6.07) is 5.72. The number of carbonyl (C=O) groups is 2. The van der Waals surface area contributed by atoms with E-state index in [1.54, 1.807) is 14.2 Å². The Kier molecular flexibility index (Phi) is 3.90. The van der Waals surface area contributed by atoms with Crippen LogP contribution in [0.25, 0.3) is 0 Å². The van der Waals surface area contributed by atoms with Gasteiger partial charge in [-0.15, -0.1) is 0 Å². The van der Waals surface area contributed by atoms with Crippen molar-refractivity contribution in [1.82, 2.24) is 5.32 Å². The largest absolute Gasteiger partial charge is 0.493 e. The minimum absolute atomic E-state index is 0.0221. The molecule has 4 rings (SSSR count). The van der Waals surface area contributed by atoms with Crippen molar-refractivity contribution in [3.63, 3.8) is 0 Å². The highest BCUT2D eigenvalue weighted by Gasteiger charge is 2.75. The summed E-state index contributed by atoms with van der Waals surface area (Å²) in [5, 5.41) is 2.97. The molecule has 3 fully saturated rings. The summed E-state index contributed by atoms with van der Waals surface area (Å²) in [6.07, 6.45) is 0.768. The van der Waals surface area contributed by atoms with Crippen molar-refractivity contribution >= 4 is 34.5 Å². The Hall–Kier alpha value is -1.51. The third-order valence-electron chi connectivity index (χ3n) is 5.88. The van der Waals surface area contributed by atoms with Crippen LogP contribution in [0.2, 0.25) is 0 Å². The zero-order chi connectivity index (χ0) is 17.9. The third-order valence-corrected chi connectivity index (χ3v) is 7.51. The Morgan fingerprint density at radius 1 is 1.32 bits per heavy atom. The molecular weight excluding hydrogens is 437 g/mol. The van der Waals surface area contributed by atoms with Crippen LogP contribution in [0.1, 0.15) is 24.8 Å². The van der Waals surface area contributed by atoms with Gasteiger partial charge >= 0.3 is 5.97 Å². The normalized spacial score (nSPS) is 37.8. The van der Waals surface area contributed by atoms with Crippen LogP contribution in [0.4, 0.5) is 0 Å². The molecule has 6 nitrogen and oxygen atoms in total. The van der Waals surface area contributed by atoms with Gasteiger partial charge in [-0.2, -0.15) is 0 Å². The van der Waals surface area contributed by atoms with E-state index >= 15 is 0 Å². The maximum Gasteiger partial charge on any atom is 0.333 e. The van der Waals surface area contributed by atoms with E-state index in [4.69, 9.17) is 14.2 Å². The highest BCUT2D eigenvalue weighted by atomic mass is 127. The first kappa shape index (κ1) is 16.9. The number of esters is 1. The summed E-state index contributed by atoms with van der Waals surface area (Å²) in [6.45, 7) is 1.45. The molecule has 2 bridgehead atoms. The van der Waals surface area contributed by atoms with Gasteiger partial charge in [0.05, 0.1) is 18.1 Å². The Bertz CT molecular complexity index is 753. The van der Waals surface area contributed by atoms with Crippen LogP contribution in [0.15, 0.2) is 18.2 Å². The fraction of sp³-hybridized carbons (Fsp3) is 0.556. The monoisotopic (exact) mass is 457 g/mol. The smallest absolute Gasteiger partial charge is 0.333 e. The second kappa shape index (κ2) is 5.75. The second-order valence-corrected chi connectivity index (χ2v) is 8.40. The number of nitrogens with one attached hydrogen (secondary N) is 1. The highest BCUT2D eigenvalue weighted by Crippen LogP contribution is 2.65. The summed E-state index contributed by atoms with van der Waals surface area (Å²) in [7, 11) is 3.18. The molecule has 1 saturated heterocycles. The van der Waals surface area contributed by atoms with E-state index in [-0.39, 0.29) is 39.7 Å². The minimum atomic E-state index is -0.970. The molecule has 1 heterocycles. The van der Waals surface area contributed by atoms with Crippen LogP contribution < -0.4 is 14.8 Å². The molecule has 0 aromatic heterocycles. The maximum atomic E-state index is 12.9. The molecule has 2 aliphatic carbocycles. The van der Waals surface area contributed by atoms with Crippen LogP contribution in [0, 0.1) is 11.8 Å². The molecule has 25 heavy (non-hydrogen) atoms. The average Bonchev–Trinajstić information content (AvgIpc) is 3.15. The number of ether oxygens (including phenoxy) is 3. The van der Waals surface area contributed by atoms with E-state index in [9.17, 15) is 9.59 Å². The van der Waals surface area contributed by atoms with Crippen molar-refractivity contribution in [2.75, 3.05) is 14.2 Å². The summed E-state index contributed by atoms with van der Waals surface area (Å²) < 4.78 is 16.7. The Balaban J connectivity index is 1.85. The van der Waals surface area contributed by atoms with E-state index in [0.29, 0.717) is 11.5 Å². The fourth-order valence-corrected chi connectivity index (χ4v) is 6.43. The van der Waals surface area contributed by atoms with Gasteiger partial charge < -0.3 is 19.5 Å². The van der Waals surface area contributed by atoms with E-state index in [1.165, 1.54) is 6.92 Å². The van der Waals surface area contributed by atoms with Crippen LogP contribution >= 0.6 is 22.6 Å². The molecule has 0 spiro atoms. The number of alkyl halides is 1. The number of fused-ring (bicyclic) bond motifs is 1. The van der Waals surface area contributed by atoms with Crippen molar-refractivity contribution in [3.05, 3.63) is 23.8 Å². The zero-order valence-electron chi connectivity index (χ0n) is 14.2. The topological polar surface area (TPSA) is 73.9 Å². The molecule has 1 aromatic carbocycles. The number of halogens is 1. The first-order chi connectivity index (χ1) is 11.9. The lowest BCUT2D eigenvalue weighted by Crippen LogP contribution is -2.59. The number of methoxy groups -OCH3 is 2. The maximum absolute atomic E-state index is 12.9. The molecule has 2 saturated carbocycles. The molecule has 0 unspecified atom stereocenters. The molecule has 134 valence electrons. The van der Waals surface area contributed by atoms with Gasteiger partial charge in [-0.05, 0) is 30.0 Å². The summed E-state index contributed by atoms with van der Waals surface area (Å²) in [4.78, 5) is 24.8. The lowest BCUT2D eigenvalue weighted by atomic mass is 9.70.